The average molecular weight is 210 g/mol. The summed E-state index contributed by atoms with van der Waals surface area (Å²) in [6, 6.07) is 2.04. The number of hydrogen-bond donors (Lipinski definition) is 2. The molecule has 1 atom stereocenters. The normalized spacial score (nSPS) is 12.5. The fraction of sp³-hybridized carbons (Fsp3) is 0.600. The lowest BCUT2D eigenvalue weighted by Crippen LogP contribution is -2.28. The second-order valence-electron chi connectivity index (χ2n) is 3.36. The fourth-order valence-electron chi connectivity index (χ4n) is 1.35. The van der Waals surface area contributed by atoms with E-state index in [2.05, 4.69) is 15.3 Å². The van der Waals surface area contributed by atoms with E-state index in [1.54, 1.807) is 13.3 Å². The lowest BCUT2D eigenvalue weighted by molar-refractivity contribution is 0.183. The highest BCUT2D eigenvalue weighted by atomic mass is 16.5. The van der Waals surface area contributed by atoms with Gasteiger partial charge in [-0.05, 0) is 26.0 Å². The molecular formula is C10H18N4O. The van der Waals surface area contributed by atoms with Crippen molar-refractivity contribution in [3.8, 4) is 0 Å². The van der Waals surface area contributed by atoms with E-state index in [-0.39, 0.29) is 6.04 Å². The zero-order valence-corrected chi connectivity index (χ0v) is 9.23. The van der Waals surface area contributed by atoms with Gasteiger partial charge in [-0.3, -0.25) is 0 Å². The first-order chi connectivity index (χ1) is 7.26. The molecule has 0 fully saturated rings. The highest BCUT2D eigenvalue weighted by molar-refractivity contribution is 5.34. The third-order valence-corrected chi connectivity index (χ3v) is 2.01. The molecule has 1 unspecified atom stereocenters. The Morgan fingerprint density at radius 2 is 2.40 bits per heavy atom. The molecule has 15 heavy (non-hydrogen) atoms. The minimum atomic E-state index is 0.203. The summed E-state index contributed by atoms with van der Waals surface area (Å²) in [5, 5.41) is 3.27. The Kier molecular flexibility index (Phi) is 5.00. The largest absolute Gasteiger partial charge is 0.383 e. The molecule has 5 heteroatoms. The first-order valence-corrected chi connectivity index (χ1v) is 5.01. The molecule has 0 saturated heterocycles. The predicted octanol–water partition coefficient (Wildman–Crippen LogP) is 0.561. The third kappa shape index (κ3) is 4.22. The van der Waals surface area contributed by atoms with Crippen molar-refractivity contribution >= 4 is 5.82 Å². The van der Waals surface area contributed by atoms with Crippen molar-refractivity contribution in [2.24, 2.45) is 5.73 Å². The van der Waals surface area contributed by atoms with Crippen LogP contribution in [0.15, 0.2) is 12.3 Å². The van der Waals surface area contributed by atoms with Gasteiger partial charge in [0, 0.05) is 13.3 Å². The van der Waals surface area contributed by atoms with E-state index in [0.29, 0.717) is 13.2 Å². The smallest absolute Gasteiger partial charge is 0.129 e. The van der Waals surface area contributed by atoms with Crippen LogP contribution in [0, 0.1) is 6.92 Å². The molecule has 1 heterocycles. The van der Waals surface area contributed by atoms with Crippen LogP contribution in [-0.2, 0) is 4.74 Å². The fourth-order valence-corrected chi connectivity index (χ4v) is 1.35. The predicted molar refractivity (Wildman–Crippen MR) is 59.7 cm³/mol. The zero-order chi connectivity index (χ0) is 11.1. The number of rotatable bonds is 6. The van der Waals surface area contributed by atoms with E-state index in [9.17, 15) is 0 Å². The second-order valence-corrected chi connectivity index (χ2v) is 3.36. The van der Waals surface area contributed by atoms with Crippen LogP contribution in [-0.4, -0.2) is 36.3 Å². The Morgan fingerprint density at radius 1 is 1.60 bits per heavy atom. The number of nitrogens with one attached hydrogen (secondary N) is 1. The first-order valence-electron chi connectivity index (χ1n) is 5.01. The maximum absolute atomic E-state index is 5.51. The molecule has 0 aliphatic carbocycles. The molecular weight excluding hydrogens is 192 g/mol. The molecule has 0 amide bonds. The number of hydrogen-bond acceptors (Lipinski definition) is 5. The standard InChI is InChI=1S/C10H18N4O/c1-8-12-6-4-10(13-8)14-9(3-5-11)7-15-2/h4,6,9H,3,5,7,11H2,1-2H3,(H,12,13,14). The van der Waals surface area contributed by atoms with Crippen LogP contribution in [0.5, 0.6) is 0 Å². The summed E-state index contributed by atoms with van der Waals surface area (Å²) in [5.41, 5.74) is 5.51. The molecule has 0 radical (unpaired) electrons. The Labute approximate surface area is 90.1 Å². The number of methoxy groups -OCH3 is 1. The molecule has 0 bridgehead atoms. The van der Waals surface area contributed by atoms with Gasteiger partial charge in [0.1, 0.15) is 11.6 Å². The van der Waals surface area contributed by atoms with Crippen LogP contribution in [0.2, 0.25) is 0 Å². The van der Waals surface area contributed by atoms with Gasteiger partial charge >= 0.3 is 0 Å². The maximum Gasteiger partial charge on any atom is 0.129 e. The zero-order valence-electron chi connectivity index (χ0n) is 9.23. The van der Waals surface area contributed by atoms with Gasteiger partial charge in [-0.15, -0.1) is 0 Å². The summed E-state index contributed by atoms with van der Waals surface area (Å²) in [6.07, 6.45) is 2.59. The van der Waals surface area contributed by atoms with Crippen molar-refractivity contribution in [3.05, 3.63) is 18.1 Å². The van der Waals surface area contributed by atoms with Crippen LogP contribution in [0.3, 0.4) is 0 Å². The Bertz CT molecular complexity index is 287. The van der Waals surface area contributed by atoms with E-state index in [1.807, 2.05) is 13.0 Å². The van der Waals surface area contributed by atoms with E-state index < -0.39 is 0 Å². The molecule has 1 aromatic heterocycles. The van der Waals surface area contributed by atoms with Gasteiger partial charge in [0.15, 0.2) is 0 Å². The summed E-state index contributed by atoms with van der Waals surface area (Å²) < 4.78 is 5.10. The number of nitrogens with zero attached hydrogens (tertiary/aromatic N) is 2. The summed E-state index contributed by atoms with van der Waals surface area (Å²) in [7, 11) is 1.68. The van der Waals surface area contributed by atoms with Gasteiger partial charge in [-0.2, -0.15) is 0 Å². The van der Waals surface area contributed by atoms with Crippen molar-refractivity contribution < 1.29 is 4.74 Å². The highest BCUT2D eigenvalue weighted by Crippen LogP contribution is 2.05. The van der Waals surface area contributed by atoms with Crippen molar-refractivity contribution in [3.63, 3.8) is 0 Å². The third-order valence-electron chi connectivity index (χ3n) is 2.01. The number of ether oxygens (including phenoxy) is 1. The van der Waals surface area contributed by atoms with Crippen LogP contribution in [0.25, 0.3) is 0 Å². The van der Waals surface area contributed by atoms with E-state index >= 15 is 0 Å². The monoisotopic (exact) mass is 210 g/mol. The minimum absolute atomic E-state index is 0.203. The molecule has 3 N–H and O–H groups in total. The van der Waals surface area contributed by atoms with Gasteiger partial charge in [0.05, 0.1) is 12.6 Å². The van der Waals surface area contributed by atoms with Crippen molar-refractivity contribution in [1.82, 2.24) is 9.97 Å². The van der Waals surface area contributed by atoms with Crippen LogP contribution >= 0.6 is 0 Å². The minimum Gasteiger partial charge on any atom is -0.383 e. The van der Waals surface area contributed by atoms with E-state index in [4.69, 9.17) is 10.5 Å². The summed E-state index contributed by atoms with van der Waals surface area (Å²) in [6.45, 7) is 3.12. The summed E-state index contributed by atoms with van der Waals surface area (Å²) in [5.74, 6) is 1.57. The Morgan fingerprint density at radius 3 is 3.00 bits per heavy atom. The summed E-state index contributed by atoms with van der Waals surface area (Å²) in [4.78, 5) is 8.29. The Balaban J connectivity index is 2.56. The number of aryl methyl sites for hydroxylation is 1. The van der Waals surface area contributed by atoms with E-state index in [1.165, 1.54) is 0 Å². The molecule has 1 aromatic rings. The summed E-state index contributed by atoms with van der Waals surface area (Å²) >= 11 is 0. The van der Waals surface area contributed by atoms with Crippen molar-refractivity contribution in [2.45, 2.75) is 19.4 Å². The molecule has 0 aliphatic rings. The molecule has 0 aliphatic heterocycles. The quantitative estimate of drug-likeness (QED) is 0.717. The topological polar surface area (TPSA) is 73.1 Å². The molecule has 0 saturated carbocycles. The van der Waals surface area contributed by atoms with Crippen molar-refractivity contribution in [2.75, 3.05) is 25.6 Å². The van der Waals surface area contributed by atoms with Gasteiger partial charge in [-0.25, -0.2) is 9.97 Å². The number of aromatic nitrogens is 2. The van der Waals surface area contributed by atoms with Gasteiger partial charge < -0.3 is 15.8 Å². The number of anilines is 1. The van der Waals surface area contributed by atoms with Crippen LogP contribution < -0.4 is 11.1 Å². The lowest BCUT2D eigenvalue weighted by Gasteiger charge is -2.17. The highest BCUT2D eigenvalue weighted by Gasteiger charge is 2.07. The molecule has 5 nitrogen and oxygen atoms in total. The lowest BCUT2D eigenvalue weighted by atomic mass is 10.2. The van der Waals surface area contributed by atoms with Crippen molar-refractivity contribution in [1.29, 1.82) is 0 Å². The van der Waals surface area contributed by atoms with E-state index in [0.717, 1.165) is 18.1 Å². The maximum atomic E-state index is 5.51. The molecule has 0 spiro atoms. The molecule has 1 rings (SSSR count). The molecule has 84 valence electrons. The van der Waals surface area contributed by atoms with Crippen LogP contribution in [0.1, 0.15) is 12.2 Å². The average Bonchev–Trinajstić information content (AvgIpc) is 2.18. The Hall–Kier alpha value is -1.20. The molecule has 0 aromatic carbocycles. The SMILES string of the molecule is COCC(CCN)Nc1ccnc(C)n1. The van der Waals surface area contributed by atoms with Gasteiger partial charge in [-0.1, -0.05) is 0 Å². The van der Waals surface area contributed by atoms with Gasteiger partial charge in [0.25, 0.3) is 0 Å². The van der Waals surface area contributed by atoms with Crippen LogP contribution in [0.4, 0.5) is 5.82 Å². The second kappa shape index (κ2) is 6.31. The number of nitrogens with two attached hydrogens (primary N) is 1. The first kappa shape index (κ1) is 11.9. The van der Waals surface area contributed by atoms with Gasteiger partial charge in [0.2, 0.25) is 0 Å².